The molecule has 10 heteroatoms. The van der Waals surface area contributed by atoms with Crippen LogP contribution in [0.5, 0.6) is 11.5 Å². The second kappa shape index (κ2) is 9.64. The van der Waals surface area contributed by atoms with Gasteiger partial charge in [0.05, 0.1) is 18.2 Å². The van der Waals surface area contributed by atoms with Crippen LogP contribution in [-0.4, -0.2) is 44.9 Å². The molecule has 0 atom stereocenters. The van der Waals surface area contributed by atoms with Crippen molar-refractivity contribution in [1.29, 1.82) is 0 Å². The maximum atomic E-state index is 14.0. The quantitative estimate of drug-likeness (QED) is 0.706. The molecule has 0 aliphatic carbocycles. The molecule has 7 nitrogen and oxygen atoms in total. The van der Waals surface area contributed by atoms with Crippen molar-refractivity contribution < 1.29 is 27.1 Å². The van der Waals surface area contributed by atoms with Crippen molar-refractivity contribution in [3.63, 3.8) is 0 Å². The molecule has 1 fully saturated rings. The van der Waals surface area contributed by atoms with E-state index in [1.807, 2.05) is 0 Å². The highest BCUT2D eigenvalue weighted by Crippen LogP contribution is 2.38. The number of carbonyl (C=O) groups is 1. The SMILES string of the molecule is O=C(NCc1cc(Cl)c2c(c1)OCCCO2)C1CCN(S(=O)(=O)c2ccccc2F)CC1. The maximum absolute atomic E-state index is 14.0. The molecular formula is C22H24ClFN2O5S. The number of hydrogen-bond acceptors (Lipinski definition) is 5. The Morgan fingerprint density at radius 3 is 2.62 bits per heavy atom. The van der Waals surface area contributed by atoms with E-state index in [9.17, 15) is 17.6 Å². The number of rotatable bonds is 5. The number of piperidine rings is 1. The van der Waals surface area contributed by atoms with Crippen LogP contribution in [0.2, 0.25) is 5.02 Å². The molecule has 2 aromatic rings. The third-order valence-electron chi connectivity index (χ3n) is 5.61. The monoisotopic (exact) mass is 482 g/mol. The van der Waals surface area contributed by atoms with E-state index in [4.69, 9.17) is 21.1 Å². The second-order valence-corrected chi connectivity index (χ2v) is 10.1. The molecule has 0 bridgehead atoms. The summed E-state index contributed by atoms with van der Waals surface area (Å²) in [7, 11) is -3.93. The Bertz CT molecular complexity index is 1100. The molecule has 172 valence electrons. The Morgan fingerprint density at radius 2 is 1.88 bits per heavy atom. The molecule has 0 unspecified atom stereocenters. The maximum Gasteiger partial charge on any atom is 0.245 e. The van der Waals surface area contributed by atoms with E-state index in [-0.39, 0.29) is 36.4 Å². The van der Waals surface area contributed by atoms with Crippen LogP contribution in [0.3, 0.4) is 0 Å². The molecule has 2 aliphatic heterocycles. The first kappa shape index (κ1) is 22.8. The Kier molecular flexibility index (Phi) is 6.88. The summed E-state index contributed by atoms with van der Waals surface area (Å²) >= 11 is 6.30. The predicted octanol–water partition coefficient (Wildman–Crippen LogP) is 3.36. The highest BCUT2D eigenvalue weighted by atomic mass is 35.5. The molecule has 1 amide bonds. The summed E-state index contributed by atoms with van der Waals surface area (Å²) in [5.41, 5.74) is 0.784. The number of hydrogen-bond donors (Lipinski definition) is 1. The highest BCUT2D eigenvalue weighted by molar-refractivity contribution is 7.89. The zero-order valence-corrected chi connectivity index (χ0v) is 18.9. The number of nitrogens with one attached hydrogen (secondary N) is 1. The minimum Gasteiger partial charge on any atom is -0.489 e. The van der Waals surface area contributed by atoms with Crippen molar-refractivity contribution in [2.24, 2.45) is 5.92 Å². The van der Waals surface area contributed by atoms with Gasteiger partial charge in [0.15, 0.2) is 11.5 Å². The summed E-state index contributed by atoms with van der Waals surface area (Å²) in [6.45, 7) is 1.65. The van der Waals surface area contributed by atoms with Gasteiger partial charge >= 0.3 is 0 Å². The third-order valence-corrected chi connectivity index (χ3v) is 7.82. The Balaban J connectivity index is 1.34. The summed E-state index contributed by atoms with van der Waals surface area (Å²) in [6.07, 6.45) is 1.49. The highest BCUT2D eigenvalue weighted by Gasteiger charge is 2.33. The van der Waals surface area contributed by atoms with Gasteiger partial charge < -0.3 is 14.8 Å². The fraction of sp³-hybridized carbons (Fsp3) is 0.409. The summed E-state index contributed by atoms with van der Waals surface area (Å²) < 4.78 is 51.9. The van der Waals surface area contributed by atoms with Crippen molar-refractivity contribution in [3.05, 3.63) is 52.8 Å². The first-order chi connectivity index (χ1) is 15.4. The normalized spacial score (nSPS) is 17.6. The van der Waals surface area contributed by atoms with Crippen molar-refractivity contribution in [1.82, 2.24) is 9.62 Å². The number of amides is 1. The van der Waals surface area contributed by atoms with Crippen LogP contribution >= 0.6 is 11.6 Å². The van der Waals surface area contributed by atoms with Crippen LogP contribution in [0, 0.1) is 11.7 Å². The lowest BCUT2D eigenvalue weighted by molar-refractivity contribution is -0.126. The van der Waals surface area contributed by atoms with Gasteiger partial charge in [-0.2, -0.15) is 4.31 Å². The molecule has 1 N–H and O–H groups in total. The van der Waals surface area contributed by atoms with Crippen LogP contribution < -0.4 is 14.8 Å². The molecule has 2 heterocycles. The van der Waals surface area contributed by atoms with Crippen molar-refractivity contribution in [3.8, 4) is 11.5 Å². The number of halogens is 2. The lowest BCUT2D eigenvalue weighted by Gasteiger charge is -2.30. The van der Waals surface area contributed by atoms with Crippen LogP contribution in [0.4, 0.5) is 4.39 Å². The van der Waals surface area contributed by atoms with Crippen molar-refractivity contribution in [2.75, 3.05) is 26.3 Å². The van der Waals surface area contributed by atoms with Crippen LogP contribution in [0.25, 0.3) is 0 Å². The average Bonchev–Trinajstić information content (AvgIpc) is 3.04. The van der Waals surface area contributed by atoms with E-state index in [2.05, 4.69) is 5.32 Å². The molecule has 2 aromatic carbocycles. The molecular weight excluding hydrogens is 459 g/mol. The third kappa shape index (κ3) is 4.84. The first-order valence-electron chi connectivity index (χ1n) is 10.5. The lowest BCUT2D eigenvalue weighted by atomic mass is 9.97. The van der Waals surface area contributed by atoms with E-state index in [0.717, 1.165) is 18.1 Å². The fourth-order valence-corrected chi connectivity index (χ4v) is 5.69. The van der Waals surface area contributed by atoms with Gasteiger partial charge in [0.1, 0.15) is 10.7 Å². The van der Waals surface area contributed by atoms with E-state index in [0.29, 0.717) is 42.6 Å². The summed E-state index contributed by atoms with van der Waals surface area (Å²) in [4.78, 5) is 12.3. The average molecular weight is 483 g/mol. The Morgan fingerprint density at radius 1 is 1.16 bits per heavy atom. The lowest BCUT2D eigenvalue weighted by Crippen LogP contribution is -2.43. The Hall–Kier alpha value is -2.36. The van der Waals surface area contributed by atoms with Gasteiger partial charge in [-0.05, 0) is 42.7 Å². The molecule has 0 radical (unpaired) electrons. The van der Waals surface area contributed by atoms with Gasteiger partial charge in [0.2, 0.25) is 15.9 Å². The van der Waals surface area contributed by atoms with Crippen LogP contribution in [0.1, 0.15) is 24.8 Å². The summed E-state index contributed by atoms with van der Waals surface area (Å²) in [5.74, 6) is -0.177. The molecule has 0 saturated carbocycles. The van der Waals surface area contributed by atoms with Gasteiger partial charge in [-0.3, -0.25) is 4.79 Å². The first-order valence-corrected chi connectivity index (χ1v) is 12.3. The molecule has 4 rings (SSSR count). The van der Waals surface area contributed by atoms with Gasteiger partial charge in [-0.25, -0.2) is 12.8 Å². The van der Waals surface area contributed by atoms with Gasteiger partial charge in [-0.1, -0.05) is 23.7 Å². The zero-order valence-electron chi connectivity index (χ0n) is 17.4. The number of nitrogens with zero attached hydrogens (tertiary/aromatic N) is 1. The molecule has 0 aromatic heterocycles. The number of ether oxygens (including phenoxy) is 2. The summed E-state index contributed by atoms with van der Waals surface area (Å²) in [6, 6.07) is 8.85. The van der Waals surface area contributed by atoms with Crippen molar-refractivity contribution in [2.45, 2.75) is 30.7 Å². The van der Waals surface area contributed by atoms with Gasteiger partial charge in [-0.15, -0.1) is 0 Å². The Labute approximate surface area is 191 Å². The van der Waals surface area contributed by atoms with Gasteiger partial charge in [0, 0.05) is 32.0 Å². The van der Waals surface area contributed by atoms with E-state index in [1.54, 1.807) is 12.1 Å². The minimum absolute atomic E-state index is 0.156. The topological polar surface area (TPSA) is 84.9 Å². The largest absolute Gasteiger partial charge is 0.489 e. The predicted molar refractivity (Wildman–Crippen MR) is 117 cm³/mol. The zero-order chi connectivity index (χ0) is 22.7. The molecule has 32 heavy (non-hydrogen) atoms. The van der Waals surface area contributed by atoms with Crippen molar-refractivity contribution >= 4 is 27.5 Å². The van der Waals surface area contributed by atoms with Gasteiger partial charge in [0.25, 0.3) is 0 Å². The molecule has 0 spiro atoms. The number of sulfonamides is 1. The standard InChI is InChI=1S/C22H24ClFN2O5S/c23-17-12-15(13-19-21(17)31-11-3-10-30-19)14-25-22(27)16-6-8-26(9-7-16)32(28,29)20-5-2-1-4-18(20)24/h1-2,4-5,12-13,16H,3,6-11,14H2,(H,25,27). The van der Waals surface area contributed by atoms with E-state index < -0.39 is 15.8 Å². The molecule has 2 aliphatic rings. The smallest absolute Gasteiger partial charge is 0.245 e. The number of benzene rings is 2. The minimum atomic E-state index is -3.93. The number of carbonyl (C=O) groups excluding carboxylic acids is 1. The van der Waals surface area contributed by atoms with E-state index >= 15 is 0 Å². The van der Waals surface area contributed by atoms with E-state index in [1.165, 1.54) is 22.5 Å². The van der Waals surface area contributed by atoms with Crippen LogP contribution in [0.15, 0.2) is 41.3 Å². The van der Waals surface area contributed by atoms with Crippen LogP contribution in [-0.2, 0) is 21.4 Å². The second-order valence-electron chi connectivity index (χ2n) is 7.78. The fourth-order valence-electron chi connectivity index (χ4n) is 3.87. The molecule has 1 saturated heterocycles. The number of fused-ring (bicyclic) bond motifs is 1. The summed E-state index contributed by atoms with van der Waals surface area (Å²) in [5, 5.41) is 3.32.